The zero-order valence-electron chi connectivity index (χ0n) is 23.4. The van der Waals surface area contributed by atoms with Crippen molar-refractivity contribution in [2.45, 2.75) is 6.42 Å². The van der Waals surface area contributed by atoms with Crippen molar-refractivity contribution in [3.05, 3.63) is 174 Å². The third-order valence-corrected chi connectivity index (χ3v) is 12.0. The Balaban J connectivity index is 1.30. The highest BCUT2D eigenvalue weighted by molar-refractivity contribution is 6.95. The average Bonchev–Trinajstić information content (AvgIpc) is 3.49. The van der Waals surface area contributed by atoms with Gasteiger partial charge in [-0.05, 0) is 61.4 Å². The molecule has 1 heteroatoms. The van der Waals surface area contributed by atoms with Crippen LogP contribution in [0.15, 0.2) is 158 Å². The fourth-order valence-corrected chi connectivity index (χ4v) is 9.88. The van der Waals surface area contributed by atoms with Gasteiger partial charge in [-0.3, -0.25) is 0 Å². The second-order valence-electron chi connectivity index (χ2n) is 11.3. The first-order valence-electron chi connectivity index (χ1n) is 14.8. The van der Waals surface area contributed by atoms with Gasteiger partial charge in [-0.15, -0.1) is 0 Å². The van der Waals surface area contributed by atoms with E-state index in [1.165, 1.54) is 70.5 Å². The molecule has 0 aliphatic heterocycles. The van der Waals surface area contributed by atoms with E-state index in [9.17, 15) is 0 Å². The zero-order valence-corrected chi connectivity index (χ0v) is 24.5. The van der Waals surface area contributed by atoms with Crippen LogP contribution in [0, 0.1) is 0 Å². The molecule has 0 bridgehead atoms. The van der Waals surface area contributed by atoms with E-state index in [2.05, 4.69) is 164 Å². The van der Waals surface area contributed by atoms with Crippen LogP contribution in [-0.4, -0.2) is 8.80 Å². The van der Waals surface area contributed by atoms with Crippen molar-refractivity contribution in [1.29, 1.82) is 0 Å². The fourth-order valence-electron chi connectivity index (χ4n) is 6.94. The van der Waals surface area contributed by atoms with E-state index in [4.69, 9.17) is 0 Å². The standard InChI is InChI=1S/C41H30Si/c1-3-15-33(16-4-1)42(34-17-5-2-6-18-34)35-25-23-29(24-26-35)40-36-19-9-11-21-38(36)41(39-22-12-10-20-37(39)40)32-27-30-13-7-8-14-31(30)28-32/h1-27,42H,28H2. The van der Waals surface area contributed by atoms with E-state index < -0.39 is 8.80 Å². The van der Waals surface area contributed by atoms with Gasteiger partial charge in [-0.1, -0.05) is 179 Å². The summed E-state index contributed by atoms with van der Waals surface area (Å²) in [7, 11) is -1.58. The van der Waals surface area contributed by atoms with E-state index in [1.807, 2.05) is 0 Å². The molecular weight excluding hydrogens is 521 g/mol. The first-order valence-corrected chi connectivity index (χ1v) is 16.5. The quantitative estimate of drug-likeness (QED) is 0.116. The lowest BCUT2D eigenvalue weighted by Crippen LogP contribution is -2.51. The Labute approximate surface area is 248 Å². The van der Waals surface area contributed by atoms with Gasteiger partial charge in [0.05, 0.1) is 0 Å². The predicted octanol–water partition coefficient (Wildman–Crippen LogP) is 8.01. The minimum absolute atomic E-state index is 0.975. The molecule has 0 saturated carbocycles. The Bertz CT molecular complexity index is 1990. The van der Waals surface area contributed by atoms with Crippen LogP contribution in [0.4, 0.5) is 0 Å². The van der Waals surface area contributed by atoms with Crippen molar-refractivity contribution in [2.24, 2.45) is 0 Å². The van der Waals surface area contributed by atoms with Gasteiger partial charge in [0, 0.05) is 0 Å². The molecular formula is C41H30Si. The summed E-state index contributed by atoms with van der Waals surface area (Å²) in [5.41, 5.74) is 8.13. The second kappa shape index (κ2) is 10.4. The molecule has 0 nitrogen and oxygen atoms in total. The van der Waals surface area contributed by atoms with E-state index in [0.29, 0.717) is 0 Å². The molecule has 0 N–H and O–H groups in total. The summed E-state index contributed by atoms with van der Waals surface area (Å²) in [6, 6.07) is 58.4. The molecule has 0 fully saturated rings. The maximum atomic E-state index is 2.40. The molecule has 198 valence electrons. The van der Waals surface area contributed by atoms with Crippen LogP contribution < -0.4 is 15.6 Å². The van der Waals surface area contributed by atoms with Crippen molar-refractivity contribution < 1.29 is 0 Å². The molecule has 0 spiro atoms. The van der Waals surface area contributed by atoms with E-state index >= 15 is 0 Å². The van der Waals surface area contributed by atoms with Gasteiger partial charge < -0.3 is 0 Å². The molecule has 1 aliphatic rings. The van der Waals surface area contributed by atoms with Crippen LogP contribution in [0.25, 0.3) is 44.3 Å². The van der Waals surface area contributed by atoms with Gasteiger partial charge in [0.2, 0.25) is 0 Å². The highest BCUT2D eigenvalue weighted by Crippen LogP contribution is 2.44. The minimum atomic E-state index is -1.58. The van der Waals surface area contributed by atoms with Gasteiger partial charge in [-0.25, -0.2) is 0 Å². The van der Waals surface area contributed by atoms with E-state index in [-0.39, 0.29) is 0 Å². The van der Waals surface area contributed by atoms with E-state index in [1.54, 1.807) is 0 Å². The van der Waals surface area contributed by atoms with E-state index in [0.717, 1.165) is 6.42 Å². The number of allylic oxidation sites excluding steroid dienone is 1. The fraction of sp³-hybridized carbons (Fsp3) is 0.0244. The number of rotatable bonds is 5. The molecule has 7 aromatic carbocycles. The van der Waals surface area contributed by atoms with Gasteiger partial charge in [0.1, 0.15) is 8.80 Å². The SMILES string of the molecule is C1=C(c2c3ccccc3c(-c3ccc([SiH](c4ccccc4)c4ccccc4)cc3)c3ccccc23)Cc2ccccc21. The van der Waals surface area contributed by atoms with Crippen molar-refractivity contribution in [1.82, 2.24) is 0 Å². The molecule has 0 atom stereocenters. The smallest absolute Gasteiger partial charge is 0.0625 e. The molecule has 0 amide bonds. The maximum Gasteiger partial charge on any atom is 0.132 e. The lowest BCUT2D eigenvalue weighted by Gasteiger charge is -2.20. The Morgan fingerprint density at radius 1 is 0.381 bits per heavy atom. The predicted molar refractivity (Wildman–Crippen MR) is 184 cm³/mol. The highest BCUT2D eigenvalue weighted by Gasteiger charge is 2.22. The molecule has 0 saturated heterocycles. The summed E-state index contributed by atoms with van der Waals surface area (Å²) in [5.74, 6) is 0. The summed E-state index contributed by atoms with van der Waals surface area (Å²) in [5, 5.41) is 9.62. The molecule has 0 unspecified atom stereocenters. The number of hydrogen-bond acceptors (Lipinski definition) is 0. The number of hydrogen-bond donors (Lipinski definition) is 0. The van der Waals surface area contributed by atoms with Gasteiger partial charge >= 0.3 is 0 Å². The van der Waals surface area contributed by atoms with Crippen molar-refractivity contribution in [3.8, 4) is 11.1 Å². The van der Waals surface area contributed by atoms with Gasteiger partial charge in [0.25, 0.3) is 0 Å². The Hall–Kier alpha value is -4.98. The third-order valence-electron chi connectivity index (χ3n) is 8.82. The monoisotopic (exact) mass is 550 g/mol. The van der Waals surface area contributed by atoms with Crippen LogP contribution in [-0.2, 0) is 6.42 Å². The average molecular weight is 551 g/mol. The molecule has 0 heterocycles. The Morgan fingerprint density at radius 3 is 1.38 bits per heavy atom. The number of fused-ring (bicyclic) bond motifs is 3. The highest BCUT2D eigenvalue weighted by atomic mass is 28.3. The van der Waals surface area contributed by atoms with Crippen LogP contribution >= 0.6 is 0 Å². The normalized spacial score (nSPS) is 12.5. The van der Waals surface area contributed by atoms with Crippen LogP contribution in [0.5, 0.6) is 0 Å². The van der Waals surface area contributed by atoms with Gasteiger partial charge in [-0.2, -0.15) is 0 Å². The van der Waals surface area contributed by atoms with Crippen molar-refractivity contribution in [2.75, 3.05) is 0 Å². The lowest BCUT2D eigenvalue weighted by atomic mass is 9.85. The minimum Gasteiger partial charge on any atom is -0.0625 e. The van der Waals surface area contributed by atoms with Crippen LogP contribution in [0.3, 0.4) is 0 Å². The maximum absolute atomic E-state index is 2.40. The summed E-state index contributed by atoms with van der Waals surface area (Å²) in [6.07, 6.45) is 3.37. The third kappa shape index (κ3) is 4.22. The molecule has 7 aromatic rings. The lowest BCUT2D eigenvalue weighted by molar-refractivity contribution is 1.33. The Kier molecular flexibility index (Phi) is 6.16. The largest absolute Gasteiger partial charge is 0.132 e. The topological polar surface area (TPSA) is 0 Å². The van der Waals surface area contributed by atoms with Crippen LogP contribution in [0.2, 0.25) is 0 Å². The molecule has 0 aromatic heterocycles. The van der Waals surface area contributed by atoms with Crippen LogP contribution in [0.1, 0.15) is 16.7 Å². The summed E-state index contributed by atoms with van der Waals surface area (Å²) in [6.45, 7) is 0. The van der Waals surface area contributed by atoms with Crippen molar-refractivity contribution >= 4 is 57.6 Å². The first-order chi connectivity index (χ1) is 20.8. The molecule has 42 heavy (non-hydrogen) atoms. The zero-order chi connectivity index (χ0) is 27.9. The number of benzene rings is 7. The van der Waals surface area contributed by atoms with Gasteiger partial charge in [0.15, 0.2) is 0 Å². The summed E-state index contributed by atoms with van der Waals surface area (Å²) in [4.78, 5) is 0. The molecule has 1 aliphatic carbocycles. The molecule has 0 radical (unpaired) electrons. The van der Waals surface area contributed by atoms with Crippen molar-refractivity contribution in [3.63, 3.8) is 0 Å². The Morgan fingerprint density at radius 2 is 0.833 bits per heavy atom. The second-order valence-corrected chi connectivity index (χ2v) is 14.1. The first kappa shape index (κ1) is 24.8. The molecule has 8 rings (SSSR count). The summed E-state index contributed by atoms with van der Waals surface area (Å²) < 4.78 is 0. The summed E-state index contributed by atoms with van der Waals surface area (Å²) >= 11 is 0.